The highest BCUT2D eigenvalue weighted by Gasteiger charge is 2.30. The average Bonchev–Trinajstić information content (AvgIpc) is 3.51. The van der Waals surface area contributed by atoms with Crippen LogP contribution in [0.25, 0.3) is 16.9 Å². The van der Waals surface area contributed by atoms with Crippen LogP contribution >= 0.6 is 11.6 Å². The number of carbonyl (C=O) groups excluding carboxylic acids is 1. The molecule has 9 heteroatoms. The quantitative estimate of drug-likeness (QED) is 0.634. The van der Waals surface area contributed by atoms with Crippen molar-refractivity contribution < 1.29 is 13.2 Å². The smallest absolute Gasteiger partial charge is 0.228 e. The van der Waals surface area contributed by atoms with Crippen molar-refractivity contribution in [2.24, 2.45) is 5.92 Å². The molecule has 1 N–H and O–H groups in total. The van der Waals surface area contributed by atoms with Crippen molar-refractivity contribution in [3.63, 3.8) is 0 Å². The lowest BCUT2D eigenvalue weighted by Gasteiger charge is -2.26. The van der Waals surface area contributed by atoms with E-state index >= 15 is 0 Å². The van der Waals surface area contributed by atoms with Gasteiger partial charge in [0.25, 0.3) is 0 Å². The first-order valence-corrected chi connectivity index (χ1v) is 12.6. The molecular formula is C22H23ClN4O3S. The van der Waals surface area contributed by atoms with Crippen molar-refractivity contribution in [2.45, 2.75) is 19.4 Å². The number of sulfone groups is 1. The Hall–Kier alpha value is -2.42. The monoisotopic (exact) mass is 458 g/mol. The van der Waals surface area contributed by atoms with E-state index in [2.05, 4.69) is 15.2 Å². The van der Waals surface area contributed by atoms with Gasteiger partial charge in [0.1, 0.15) is 5.65 Å². The number of anilines is 1. The Morgan fingerprint density at radius 1 is 1.10 bits per heavy atom. The van der Waals surface area contributed by atoms with Crippen molar-refractivity contribution in [1.82, 2.24) is 14.3 Å². The number of rotatable bonds is 5. The Morgan fingerprint density at radius 3 is 2.48 bits per heavy atom. The molecule has 1 aliphatic carbocycles. The number of hydrogen-bond donors (Lipinski definition) is 1. The van der Waals surface area contributed by atoms with Crippen LogP contribution in [0.2, 0.25) is 5.02 Å². The van der Waals surface area contributed by atoms with E-state index in [9.17, 15) is 13.2 Å². The summed E-state index contributed by atoms with van der Waals surface area (Å²) >= 11 is 6.53. The molecule has 0 atom stereocenters. The standard InChI is InChI=1S/C22H23ClN4O3S/c23-18-7-8-20-24-19(25-22(28)17-5-6-17)14-27(20)21(18)16-3-1-15(2-4-16)13-26-9-11-31(29,30)12-10-26/h1-4,7-8,14,17H,5-6,9-13H2,(H,25,28). The molecule has 0 spiro atoms. The van der Waals surface area contributed by atoms with Crippen LogP contribution in [0.15, 0.2) is 42.6 Å². The third kappa shape index (κ3) is 4.46. The van der Waals surface area contributed by atoms with Crippen LogP contribution in [0.4, 0.5) is 5.82 Å². The summed E-state index contributed by atoms with van der Waals surface area (Å²) in [6.45, 7) is 1.86. The Bertz CT molecular complexity index is 1240. The normalized spacial score (nSPS) is 18.9. The second-order valence-electron chi connectivity index (χ2n) is 8.27. The van der Waals surface area contributed by atoms with Crippen LogP contribution in [0, 0.1) is 5.92 Å². The number of nitrogens with zero attached hydrogens (tertiary/aromatic N) is 3. The third-order valence-corrected chi connectivity index (χ3v) is 7.76. The zero-order valence-corrected chi connectivity index (χ0v) is 18.5. The van der Waals surface area contributed by atoms with Gasteiger partial charge in [0.15, 0.2) is 15.7 Å². The highest BCUT2D eigenvalue weighted by molar-refractivity contribution is 7.91. The van der Waals surface area contributed by atoms with Gasteiger partial charge in [-0.05, 0) is 30.5 Å². The lowest BCUT2D eigenvalue weighted by Crippen LogP contribution is -2.39. The van der Waals surface area contributed by atoms with E-state index in [1.165, 1.54) is 0 Å². The van der Waals surface area contributed by atoms with Crippen LogP contribution in [0.5, 0.6) is 0 Å². The molecule has 2 aliphatic rings. The zero-order chi connectivity index (χ0) is 21.6. The van der Waals surface area contributed by atoms with Crippen LogP contribution in [-0.2, 0) is 21.2 Å². The van der Waals surface area contributed by atoms with Crippen molar-refractivity contribution >= 4 is 38.8 Å². The summed E-state index contributed by atoms with van der Waals surface area (Å²) in [5.74, 6) is 1.11. The molecule has 2 aromatic heterocycles. The number of fused-ring (bicyclic) bond motifs is 1. The van der Waals surface area contributed by atoms with Gasteiger partial charge in [-0.2, -0.15) is 0 Å². The number of aromatic nitrogens is 2. The fourth-order valence-corrected chi connectivity index (χ4v) is 5.42. The van der Waals surface area contributed by atoms with E-state index in [1.807, 2.05) is 40.8 Å². The molecule has 0 unspecified atom stereocenters. The minimum atomic E-state index is -2.87. The second kappa shape index (κ2) is 7.93. The SMILES string of the molecule is O=C(Nc1cn2c(-c3ccc(CN4CCS(=O)(=O)CC4)cc3)c(Cl)ccc2n1)C1CC1. The lowest BCUT2D eigenvalue weighted by atomic mass is 10.1. The summed E-state index contributed by atoms with van der Waals surface area (Å²) in [5.41, 5.74) is 3.59. The Labute approximate surface area is 185 Å². The van der Waals surface area contributed by atoms with Gasteiger partial charge in [0, 0.05) is 31.1 Å². The Morgan fingerprint density at radius 2 is 1.81 bits per heavy atom. The lowest BCUT2D eigenvalue weighted by molar-refractivity contribution is -0.117. The zero-order valence-electron chi connectivity index (χ0n) is 16.9. The van der Waals surface area contributed by atoms with E-state index in [-0.39, 0.29) is 23.3 Å². The molecule has 1 aromatic carbocycles. The first-order valence-electron chi connectivity index (χ1n) is 10.4. The van der Waals surface area contributed by atoms with Crippen molar-refractivity contribution in [3.05, 3.63) is 53.2 Å². The van der Waals surface area contributed by atoms with E-state index in [0.29, 0.717) is 29.6 Å². The largest absolute Gasteiger partial charge is 0.309 e. The number of hydrogen-bond acceptors (Lipinski definition) is 5. The number of benzene rings is 1. The van der Waals surface area contributed by atoms with E-state index in [0.717, 1.165) is 36.2 Å². The molecular weight excluding hydrogens is 436 g/mol. The first kappa shape index (κ1) is 20.5. The molecule has 1 amide bonds. The maximum atomic E-state index is 12.1. The van der Waals surface area contributed by atoms with Crippen LogP contribution in [0.3, 0.4) is 0 Å². The first-order chi connectivity index (χ1) is 14.9. The topological polar surface area (TPSA) is 83.8 Å². The van der Waals surface area contributed by atoms with Gasteiger partial charge in [-0.1, -0.05) is 35.9 Å². The fraction of sp³-hybridized carbons (Fsp3) is 0.364. The van der Waals surface area contributed by atoms with Crippen LogP contribution in [-0.4, -0.2) is 53.2 Å². The molecule has 3 aromatic rings. The molecule has 5 rings (SSSR count). The molecule has 2 fully saturated rings. The minimum Gasteiger partial charge on any atom is -0.309 e. The summed E-state index contributed by atoms with van der Waals surface area (Å²) in [6.07, 6.45) is 3.69. The molecule has 7 nitrogen and oxygen atoms in total. The minimum absolute atomic E-state index is 0.0194. The molecule has 0 bridgehead atoms. The Balaban J connectivity index is 1.37. The maximum absolute atomic E-state index is 12.1. The molecule has 31 heavy (non-hydrogen) atoms. The van der Waals surface area contributed by atoms with Crippen LogP contribution in [0.1, 0.15) is 18.4 Å². The fourth-order valence-electron chi connectivity index (χ4n) is 3.88. The number of pyridine rings is 1. The van der Waals surface area contributed by atoms with Gasteiger partial charge in [-0.25, -0.2) is 13.4 Å². The van der Waals surface area contributed by atoms with Gasteiger partial charge in [-0.15, -0.1) is 0 Å². The third-order valence-electron chi connectivity index (χ3n) is 5.85. The van der Waals surface area contributed by atoms with Crippen LogP contribution < -0.4 is 5.32 Å². The van der Waals surface area contributed by atoms with Gasteiger partial charge >= 0.3 is 0 Å². The van der Waals surface area contributed by atoms with Gasteiger partial charge < -0.3 is 5.32 Å². The molecule has 1 aliphatic heterocycles. The molecule has 3 heterocycles. The number of nitrogens with one attached hydrogen (secondary N) is 1. The van der Waals surface area contributed by atoms with Crippen molar-refractivity contribution in [3.8, 4) is 11.3 Å². The predicted octanol–water partition coefficient (Wildman–Crippen LogP) is 3.23. The molecule has 0 radical (unpaired) electrons. The maximum Gasteiger partial charge on any atom is 0.228 e. The predicted molar refractivity (Wildman–Crippen MR) is 121 cm³/mol. The second-order valence-corrected chi connectivity index (χ2v) is 11.0. The summed E-state index contributed by atoms with van der Waals surface area (Å²) in [5, 5.41) is 3.49. The molecule has 1 saturated carbocycles. The van der Waals surface area contributed by atoms with Gasteiger partial charge in [0.2, 0.25) is 5.91 Å². The highest BCUT2D eigenvalue weighted by atomic mass is 35.5. The average molecular weight is 459 g/mol. The Kier molecular flexibility index (Phi) is 5.24. The summed E-state index contributed by atoms with van der Waals surface area (Å²) < 4.78 is 25.1. The van der Waals surface area contributed by atoms with E-state index in [1.54, 1.807) is 6.20 Å². The van der Waals surface area contributed by atoms with E-state index in [4.69, 9.17) is 11.6 Å². The number of halogens is 1. The van der Waals surface area contributed by atoms with Gasteiger partial charge in [0.05, 0.1) is 28.4 Å². The van der Waals surface area contributed by atoms with E-state index < -0.39 is 9.84 Å². The number of amides is 1. The molecule has 162 valence electrons. The summed E-state index contributed by atoms with van der Waals surface area (Å²) in [7, 11) is -2.87. The molecule has 1 saturated heterocycles. The van der Waals surface area contributed by atoms with Crippen molar-refractivity contribution in [1.29, 1.82) is 0 Å². The van der Waals surface area contributed by atoms with Gasteiger partial charge in [-0.3, -0.25) is 14.1 Å². The number of imidazole rings is 1. The summed E-state index contributed by atoms with van der Waals surface area (Å²) in [6, 6.07) is 11.8. The van der Waals surface area contributed by atoms with Crippen molar-refractivity contribution in [2.75, 3.05) is 29.9 Å². The number of carbonyl (C=O) groups is 1. The highest BCUT2D eigenvalue weighted by Crippen LogP contribution is 2.32. The summed E-state index contributed by atoms with van der Waals surface area (Å²) in [4.78, 5) is 18.8.